The number of aromatic nitrogens is 4. The third kappa shape index (κ3) is 4.12. The van der Waals surface area contributed by atoms with Crippen LogP contribution in [-0.4, -0.2) is 31.4 Å². The van der Waals surface area contributed by atoms with Crippen LogP contribution in [0.4, 0.5) is 5.13 Å². The number of para-hydroxylation sites is 1. The molecule has 0 unspecified atom stereocenters. The molecule has 0 aliphatic carbocycles. The second kappa shape index (κ2) is 8.48. The Hall–Kier alpha value is -2.49. The van der Waals surface area contributed by atoms with Gasteiger partial charge in [0.2, 0.25) is 5.91 Å². The third-order valence-electron chi connectivity index (χ3n) is 4.43. The molecule has 0 aliphatic heterocycles. The second-order valence-corrected chi connectivity index (χ2v) is 9.42. The van der Waals surface area contributed by atoms with Gasteiger partial charge in [0, 0.05) is 22.4 Å². The number of thiazole rings is 1. The number of carbonyl (C=O) groups excluding carboxylic acids is 1. The SMILES string of the molecule is C=CCn1c(SCC(=O)Nc2nc3ccccc3s2)nnc1-c1csc(C)c1C. The Morgan fingerprint density at radius 2 is 2.14 bits per heavy atom. The number of fused-ring (bicyclic) bond motifs is 1. The van der Waals surface area contributed by atoms with E-state index in [2.05, 4.69) is 46.3 Å². The quantitative estimate of drug-likeness (QED) is 0.317. The van der Waals surface area contributed by atoms with Crippen molar-refractivity contribution in [1.29, 1.82) is 0 Å². The van der Waals surface area contributed by atoms with E-state index in [1.54, 1.807) is 11.3 Å². The summed E-state index contributed by atoms with van der Waals surface area (Å²) in [5, 5.41) is 15.0. The second-order valence-electron chi connectivity index (χ2n) is 6.36. The number of amides is 1. The van der Waals surface area contributed by atoms with Gasteiger partial charge >= 0.3 is 0 Å². The van der Waals surface area contributed by atoms with Crippen LogP contribution in [0.15, 0.2) is 47.5 Å². The number of anilines is 1. The van der Waals surface area contributed by atoms with Crippen molar-refractivity contribution in [2.24, 2.45) is 0 Å². The molecule has 4 rings (SSSR count). The van der Waals surface area contributed by atoms with Crippen molar-refractivity contribution in [2.75, 3.05) is 11.1 Å². The van der Waals surface area contributed by atoms with Crippen molar-refractivity contribution in [3.05, 3.63) is 52.7 Å². The van der Waals surface area contributed by atoms with E-state index >= 15 is 0 Å². The predicted octanol–water partition coefficient (Wildman–Crippen LogP) is 5.15. The molecule has 0 saturated heterocycles. The Bertz CT molecular complexity index is 1160. The summed E-state index contributed by atoms with van der Waals surface area (Å²) in [5.41, 5.74) is 3.17. The summed E-state index contributed by atoms with van der Waals surface area (Å²) in [4.78, 5) is 18.1. The summed E-state index contributed by atoms with van der Waals surface area (Å²) in [6, 6.07) is 7.82. The fraction of sp³-hybridized carbons (Fsp3) is 0.200. The highest BCUT2D eigenvalue weighted by atomic mass is 32.2. The standard InChI is InChI=1S/C20H19N5OS3/c1-4-9-25-18(14-10-27-13(3)12(14)2)23-24-20(25)28-11-17(26)22-19-21-15-7-5-6-8-16(15)29-19/h4-8,10H,1,9,11H2,2-3H3,(H,21,22,26). The molecular formula is C20H19N5OS3. The largest absolute Gasteiger partial charge is 0.301 e. The van der Waals surface area contributed by atoms with Crippen molar-refractivity contribution >= 4 is 55.7 Å². The smallest absolute Gasteiger partial charge is 0.236 e. The topological polar surface area (TPSA) is 72.7 Å². The first-order chi connectivity index (χ1) is 14.1. The van der Waals surface area contributed by atoms with E-state index in [1.807, 2.05) is 34.9 Å². The Morgan fingerprint density at radius 3 is 2.86 bits per heavy atom. The number of hydrogen-bond donors (Lipinski definition) is 1. The van der Waals surface area contributed by atoms with Gasteiger partial charge in [0.25, 0.3) is 0 Å². The Morgan fingerprint density at radius 1 is 1.31 bits per heavy atom. The van der Waals surface area contributed by atoms with E-state index in [9.17, 15) is 4.79 Å². The maximum absolute atomic E-state index is 12.4. The molecule has 1 aromatic carbocycles. The minimum Gasteiger partial charge on any atom is -0.301 e. The van der Waals surface area contributed by atoms with Crippen LogP contribution >= 0.6 is 34.4 Å². The highest BCUT2D eigenvalue weighted by molar-refractivity contribution is 7.99. The van der Waals surface area contributed by atoms with Gasteiger partial charge in [0.15, 0.2) is 16.1 Å². The first-order valence-corrected chi connectivity index (χ1v) is 11.6. The molecule has 148 valence electrons. The van der Waals surface area contributed by atoms with E-state index in [4.69, 9.17) is 0 Å². The summed E-state index contributed by atoms with van der Waals surface area (Å²) >= 11 is 4.52. The lowest BCUT2D eigenvalue weighted by molar-refractivity contribution is -0.113. The Kier molecular flexibility index (Phi) is 5.79. The number of nitrogens with one attached hydrogen (secondary N) is 1. The number of thioether (sulfide) groups is 1. The van der Waals surface area contributed by atoms with Crippen LogP contribution in [0.5, 0.6) is 0 Å². The fourth-order valence-corrected chi connectivity index (χ4v) is 5.33. The molecule has 3 heterocycles. The van der Waals surface area contributed by atoms with Gasteiger partial charge in [0.05, 0.1) is 16.0 Å². The van der Waals surface area contributed by atoms with Gasteiger partial charge < -0.3 is 5.32 Å². The number of benzene rings is 1. The maximum atomic E-state index is 12.4. The summed E-state index contributed by atoms with van der Waals surface area (Å²) in [6.07, 6.45) is 1.81. The first-order valence-electron chi connectivity index (χ1n) is 8.94. The van der Waals surface area contributed by atoms with E-state index in [0.717, 1.165) is 21.6 Å². The maximum Gasteiger partial charge on any atom is 0.236 e. The minimum atomic E-state index is -0.119. The number of aryl methyl sites for hydroxylation is 1. The van der Waals surface area contributed by atoms with Gasteiger partial charge in [-0.1, -0.05) is 41.3 Å². The molecule has 1 amide bonds. The van der Waals surface area contributed by atoms with E-state index in [1.165, 1.54) is 33.5 Å². The monoisotopic (exact) mass is 441 g/mol. The zero-order valence-electron chi connectivity index (χ0n) is 16.0. The molecule has 0 spiro atoms. The highest BCUT2D eigenvalue weighted by Gasteiger charge is 2.18. The molecular weight excluding hydrogens is 422 g/mol. The van der Waals surface area contributed by atoms with E-state index < -0.39 is 0 Å². The van der Waals surface area contributed by atoms with E-state index in [-0.39, 0.29) is 11.7 Å². The third-order valence-corrected chi connectivity index (χ3v) is 7.36. The fourth-order valence-electron chi connectivity index (χ4n) is 2.83. The lowest BCUT2D eigenvalue weighted by Gasteiger charge is -2.07. The van der Waals surface area contributed by atoms with Crippen LogP contribution in [0.1, 0.15) is 10.4 Å². The molecule has 6 nitrogen and oxygen atoms in total. The van der Waals surface area contributed by atoms with Gasteiger partial charge in [-0.3, -0.25) is 9.36 Å². The molecule has 3 aromatic heterocycles. The van der Waals surface area contributed by atoms with Crippen LogP contribution in [0.2, 0.25) is 0 Å². The average Bonchev–Trinajstić information content (AvgIpc) is 3.38. The lowest BCUT2D eigenvalue weighted by atomic mass is 10.1. The molecule has 9 heteroatoms. The molecule has 0 aliphatic rings. The number of carbonyl (C=O) groups is 1. The van der Waals surface area contributed by atoms with Crippen LogP contribution < -0.4 is 5.32 Å². The molecule has 0 saturated carbocycles. The number of nitrogens with zero attached hydrogens (tertiary/aromatic N) is 4. The van der Waals surface area contributed by atoms with Crippen LogP contribution in [0.3, 0.4) is 0 Å². The van der Waals surface area contributed by atoms with Crippen molar-refractivity contribution in [3.63, 3.8) is 0 Å². The summed E-state index contributed by atoms with van der Waals surface area (Å²) < 4.78 is 3.05. The molecule has 0 radical (unpaired) electrons. The normalized spacial score (nSPS) is 11.1. The van der Waals surface area contributed by atoms with Crippen molar-refractivity contribution in [2.45, 2.75) is 25.5 Å². The van der Waals surface area contributed by atoms with Crippen LogP contribution in [0, 0.1) is 13.8 Å². The van der Waals surface area contributed by atoms with Gasteiger partial charge in [-0.05, 0) is 31.5 Å². The van der Waals surface area contributed by atoms with Crippen molar-refractivity contribution in [3.8, 4) is 11.4 Å². The van der Waals surface area contributed by atoms with Crippen LogP contribution in [-0.2, 0) is 11.3 Å². The molecule has 1 N–H and O–H groups in total. The Labute approximate surface area is 180 Å². The lowest BCUT2D eigenvalue weighted by Crippen LogP contribution is -2.14. The van der Waals surface area contributed by atoms with Gasteiger partial charge in [-0.15, -0.1) is 28.1 Å². The number of allylic oxidation sites excluding steroid dienone is 1. The molecule has 0 fully saturated rings. The zero-order chi connectivity index (χ0) is 20.4. The summed E-state index contributed by atoms with van der Waals surface area (Å²) in [6.45, 7) is 8.61. The van der Waals surface area contributed by atoms with Gasteiger partial charge in [-0.2, -0.15) is 0 Å². The summed E-state index contributed by atoms with van der Waals surface area (Å²) in [7, 11) is 0. The van der Waals surface area contributed by atoms with Crippen molar-refractivity contribution in [1.82, 2.24) is 19.7 Å². The molecule has 4 aromatic rings. The Balaban J connectivity index is 1.48. The van der Waals surface area contributed by atoms with Gasteiger partial charge in [0.1, 0.15) is 0 Å². The van der Waals surface area contributed by atoms with Gasteiger partial charge in [-0.25, -0.2) is 4.98 Å². The van der Waals surface area contributed by atoms with Crippen molar-refractivity contribution < 1.29 is 4.79 Å². The van der Waals surface area contributed by atoms with E-state index in [0.29, 0.717) is 16.8 Å². The molecule has 29 heavy (non-hydrogen) atoms. The van der Waals surface area contributed by atoms with Crippen LogP contribution in [0.25, 0.3) is 21.6 Å². The minimum absolute atomic E-state index is 0.119. The summed E-state index contributed by atoms with van der Waals surface area (Å²) in [5.74, 6) is 0.916. The average molecular weight is 442 g/mol. The predicted molar refractivity (Wildman–Crippen MR) is 122 cm³/mol. The molecule has 0 bridgehead atoms. The zero-order valence-corrected chi connectivity index (χ0v) is 18.5. The number of hydrogen-bond acceptors (Lipinski definition) is 7. The number of rotatable bonds is 7. The molecule has 0 atom stereocenters. The highest BCUT2D eigenvalue weighted by Crippen LogP contribution is 2.32. The first kappa shape index (κ1) is 19.8. The number of thiophene rings is 1.